The molecule has 0 atom stereocenters. The van der Waals surface area contributed by atoms with Crippen molar-refractivity contribution < 1.29 is 9.90 Å². The summed E-state index contributed by atoms with van der Waals surface area (Å²) in [5, 5.41) is 8.21. The summed E-state index contributed by atoms with van der Waals surface area (Å²) in [5.74, 6) is 4.58. The zero-order chi connectivity index (χ0) is 8.53. The summed E-state index contributed by atoms with van der Waals surface area (Å²) in [5.41, 5.74) is 0. The van der Waals surface area contributed by atoms with E-state index in [1.54, 1.807) is 0 Å². The fourth-order valence-corrected chi connectivity index (χ4v) is 0.690. The Morgan fingerprint density at radius 3 is 2.64 bits per heavy atom. The lowest BCUT2D eigenvalue weighted by atomic mass is 10.2. The maximum atomic E-state index is 9.99. The Kier molecular flexibility index (Phi) is 6.51. The first-order valence-corrected chi connectivity index (χ1v) is 3.95. The molecule has 62 valence electrons. The molecule has 0 aromatic heterocycles. The van der Waals surface area contributed by atoms with Gasteiger partial charge in [-0.2, -0.15) is 0 Å². The van der Waals surface area contributed by atoms with Crippen LogP contribution < -0.4 is 0 Å². The van der Waals surface area contributed by atoms with E-state index in [2.05, 4.69) is 18.8 Å². The Hall–Kier alpha value is -0.970. The fraction of sp³-hybridized carbons (Fsp3) is 0.667. The van der Waals surface area contributed by atoms with E-state index in [1.807, 2.05) is 0 Å². The van der Waals surface area contributed by atoms with Gasteiger partial charge in [0, 0.05) is 6.42 Å². The molecule has 0 fully saturated rings. The maximum Gasteiger partial charge on any atom is 0.315 e. The van der Waals surface area contributed by atoms with Crippen LogP contribution >= 0.6 is 0 Å². The summed E-state index contributed by atoms with van der Waals surface area (Å²) < 4.78 is 0. The molecule has 0 spiro atoms. The summed E-state index contributed by atoms with van der Waals surface area (Å²) in [6, 6.07) is 0. The van der Waals surface area contributed by atoms with Crippen molar-refractivity contribution in [2.75, 3.05) is 0 Å². The molecule has 0 aliphatic rings. The van der Waals surface area contributed by atoms with Crippen LogP contribution in [0, 0.1) is 11.8 Å². The van der Waals surface area contributed by atoms with Gasteiger partial charge in [-0.15, -0.1) is 5.92 Å². The molecular weight excluding hydrogens is 140 g/mol. The van der Waals surface area contributed by atoms with Gasteiger partial charge in [-0.25, -0.2) is 0 Å². The Morgan fingerprint density at radius 1 is 1.36 bits per heavy atom. The van der Waals surface area contributed by atoms with E-state index in [-0.39, 0.29) is 6.42 Å². The highest BCUT2D eigenvalue weighted by atomic mass is 16.4. The Balaban J connectivity index is 3.19. The monoisotopic (exact) mass is 154 g/mol. The van der Waals surface area contributed by atoms with Crippen molar-refractivity contribution in [2.24, 2.45) is 0 Å². The largest absolute Gasteiger partial charge is 0.481 e. The second-order valence-corrected chi connectivity index (χ2v) is 2.38. The van der Waals surface area contributed by atoms with E-state index in [9.17, 15) is 4.79 Å². The molecule has 0 aromatic rings. The van der Waals surface area contributed by atoms with Gasteiger partial charge >= 0.3 is 5.97 Å². The highest BCUT2D eigenvalue weighted by Gasteiger charge is 1.87. The molecule has 0 saturated carbocycles. The van der Waals surface area contributed by atoms with Crippen LogP contribution in [0.15, 0.2) is 0 Å². The van der Waals surface area contributed by atoms with Gasteiger partial charge in [0.05, 0.1) is 0 Å². The SMILES string of the molecule is CCCCCC#CCC(=O)O. The third kappa shape index (κ3) is 9.03. The average Bonchev–Trinajstić information content (AvgIpc) is 1.96. The lowest BCUT2D eigenvalue weighted by molar-refractivity contribution is -0.135. The zero-order valence-corrected chi connectivity index (χ0v) is 6.89. The van der Waals surface area contributed by atoms with Crippen LogP contribution in [0.4, 0.5) is 0 Å². The predicted octanol–water partition coefficient (Wildman–Crippen LogP) is 2.04. The lowest BCUT2D eigenvalue weighted by Gasteiger charge is -1.87. The minimum Gasteiger partial charge on any atom is -0.481 e. The van der Waals surface area contributed by atoms with Gasteiger partial charge in [-0.3, -0.25) is 4.79 Å². The predicted molar refractivity (Wildman–Crippen MR) is 44.2 cm³/mol. The van der Waals surface area contributed by atoms with Crippen LogP contribution in [0.5, 0.6) is 0 Å². The van der Waals surface area contributed by atoms with E-state index in [0.717, 1.165) is 12.8 Å². The lowest BCUT2D eigenvalue weighted by Crippen LogP contribution is -1.89. The van der Waals surface area contributed by atoms with Crippen molar-refractivity contribution in [1.29, 1.82) is 0 Å². The number of carboxylic acids is 1. The molecule has 0 heterocycles. The summed E-state index contributed by atoms with van der Waals surface area (Å²) >= 11 is 0. The molecule has 0 rings (SSSR count). The van der Waals surface area contributed by atoms with Crippen molar-refractivity contribution in [2.45, 2.75) is 39.0 Å². The minimum absolute atomic E-state index is 0.0217. The number of hydrogen-bond donors (Lipinski definition) is 1. The van der Waals surface area contributed by atoms with Crippen LogP contribution in [-0.4, -0.2) is 11.1 Å². The van der Waals surface area contributed by atoms with Gasteiger partial charge in [0.2, 0.25) is 0 Å². The molecule has 0 aliphatic heterocycles. The van der Waals surface area contributed by atoms with Crippen molar-refractivity contribution in [3.05, 3.63) is 0 Å². The average molecular weight is 154 g/mol. The van der Waals surface area contributed by atoms with Crippen LogP contribution in [0.3, 0.4) is 0 Å². The first-order valence-electron chi connectivity index (χ1n) is 3.95. The van der Waals surface area contributed by atoms with Gasteiger partial charge in [0.25, 0.3) is 0 Å². The normalized spacial score (nSPS) is 8.45. The third-order valence-electron chi connectivity index (χ3n) is 1.27. The number of unbranched alkanes of at least 4 members (excludes halogenated alkanes) is 3. The van der Waals surface area contributed by atoms with E-state index in [1.165, 1.54) is 12.8 Å². The first kappa shape index (κ1) is 10.0. The smallest absolute Gasteiger partial charge is 0.315 e. The molecular formula is C9H14O2. The van der Waals surface area contributed by atoms with E-state index in [4.69, 9.17) is 5.11 Å². The quantitative estimate of drug-likeness (QED) is 0.497. The fourth-order valence-electron chi connectivity index (χ4n) is 0.690. The van der Waals surface area contributed by atoms with E-state index >= 15 is 0 Å². The molecule has 0 aromatic carbocycles. The van der Waals surface area contributed by atoms with Gasteiger partial charge in [0.15, 0.2) is 0 Å². The van der Waals surface area contributed by atoms with Crippen molar-refractivity contribution in [3.63, 3.8) is 0 Å². The molecule has 0 amide bonds. The molecule has 2 nitrogen and oxygen atoms in total. The molecule has 1 N–H and O–H groups in total. The number of aliphatic carboxylic acids is 1. The van der Waals surface area contributed by atoms with E-state index in [0.29, 0.717) is 0 Å². The second-order valence-electron chi connectivity index (χ2n) is 2.38. The number of hydrogen-bond acceptors (Lipinski definition) is 1. The summed E-state index contributed by atoms with van der Waals surface area (Å²) in [6.45, 7) is 2.13. The number of carbonyl (C=O) groups is 1. The molecule has 0 radical (unpaired) electrons. The molecule has 0 aliphatic carbocycles. The van der Waals surface area contributed by atoms with Crippen LogP contribution in [-0.2, 0) is 4.79 Å². The Bertz CT molecular complexity index is 162. The van der Waals surface area contributed by atoms with Gasteiger partial charge < -0.3 is 5.11 Å². The van der Waals surface area contributed by atoms with Crippen molar-refractivity contribution in [3.8, 4) is 11.8 Å². The van der Waals surface area contributed by atoms with Crippen molar-refractivity contribution in [1.82, 2.24) is 0 Å². The number of carboxylic acid groups (broad SMARTS) is 1. The maximum absolute atomic E-state index is 9.99. The third-order valence-corrected chi connectivity index (χ3v) is 1.27. The summed E-state index contributed by atoms with van der Waals surface area (Å²) in [4.78, 5) is 9.99. The highest BCUT2D eigenvalue weighted by Crippen LogP contribution is 1.96. The van der Waals surface area contributed by atoms with Gasteiger partial charge in [0.1, 0.15) is 6.42 Å². The summed E-state index contributed by atoms with van der Waals surface area (Å²) in [7, 11) is 0. The Labute approximate surface area is 67.6 Å². The molecule has 11 heavy (non-hydrogen) atoms. The number of rotatable bonds is 4. The molecule has 0 unspecified atom stereocenters. The summed E-state index contributed by atoms with van der Waals surface area (Å²) in [6.07, 6.45) is 4.26. The van der Waals surface area contributed by atoms with Crippen LogP contribution in [0.2, 0.25) is 0 Å². The van der Waals surface area contributed by atoms with Crippen molar-refractivity contribution >= 4 is 5.97 Å². The second kappa shape index (κ2) is 7.14. The standard InChI is InChI=1S/C9H14O2/c1-2-3-4-5-6-7-8-9(10)11/h2-5,8H2,1H3,(H,10,11). The van der Waals surface area contributed by atoms with E-state index < -0.39 is 5.97 Å². The highest BCUT2D eigenvalue weighted by molar-refractivity contribution is 5.69. The molecule has 2 heteroatoms. The first-order chi connectivity index (χ1) is 5.27. The van der Waals surface area contributed by atoms with Gasteiger partial charge in [-0.05, 0) is 6.42 Å². The van der Waals surface area contributed by atoms with Crippen LogP contribution in [0.1, 0.15) is 39.0 Å². The van der Waals surface area contributed by atoms with Gasteiger partial charge in [-0.1, -0.05) is 25.7 Å². The van der Waals surface area contributed by atoms with Crippen LogP contribution in [0.25, 0.3) is 0 Å². The molecule has 0 bridgehead atoms. The Morgan fingerprint density at radius 2 is 2.09 bits per heavy atom. The topological polar surface area (TPSA) is 37.3 Å². The zero-order valence-electron chi connectivity index (χ0n) is 6.89. The minimum atomic E-state index is -0.840. The molecule has 0 saturated heterocycles.